The Labute approximate surface area is 118 Å². The fourth-order valence-corrected chi connectivity index (χ4v) is 4.37. The number of anilines is 1. The zero-order valence-electron chi connectivity index (χ0n) is 10.0. The number of amides is 1. The molecule has 1 atom stereocenters. The molecule has 0 unspecified atom stereocenters. The second-order valence-corrected chi connectivity index (χ2v) is 6.43. The van der Waals surface area contributed by atoms with Gasteiger partial charge in [-0.15, -0.1) is 23.1 Å². The van der Waals surface area contributed by atoms with Crippen LogP contribution in [-0.4, -0.2) is 16.6 Å². The van der Waals surface area contributed by atoms with Gasteiger partial charge in [0.25, 0.3) is 0 Å². The van der Waals surface area contributed by atoms with Crippen LogP contribution in [0.15, 0.2) is 34.7 Å². The molecule has 3 rings (SSSR count). The second kappa shape index (κ2) is 5.22. The largest absolute Gasteiger partial charge is 0.366 e. The number of nitrogens with one attached hydrogen (secondary N) is 2. The summed E-state index contributed by atoms with van der Waals surface area (Å²) >= 11 is 3.32. The minimum Gasteiger partial charge on any atom is -0.366 e. The highest BCUT2D eigenvalue weighted by atomic mass is 32.2. The fraction of sp³-hybridized carbons (Fsp3) is 0.231. The second-order valence-electron chi connectivity index (χ2n) is 4.21. The summed E-state index contributed by atoms with van der Waals surface area (Å²) in [6.07, 6.45) is 4.08. The molecule has 4 nitrogen and oxygen atoms in total. The summed E-state index contributed by atoms with van der Waals surface area (Å²) in [4.78, 5) is 28.0. The lowest BCUT2D eigenvalue weighted by Gasteiger charge is -2.21. The van der Waals surface area contributed by atoms with Gasteiger partial charge in [0, 0.05) is 23.3 Å². The van der Waals surface area contributed by atoms with Crippen LogP contribution in [0.25, 0.3) is 0 Å². The van der Waals surface area contributed by atoms with Gasteiger partial charge in [0.15, 0.2) is 0 Å². The van der Waals surface area contributed by atoms with E-state index in [1.165, 1.54) is 17.1 Å². The van der Waals surface area contributed by atoms with E-state index in [4.69, 9.17) is 0 Å². The summed E-state index contributed by atoms with van der Waals surface area (Å²) in [7, 11) is 0. The summed E-state index contributed by atoms with van der Waals surface area (Å²) in [6, 6.07) is 3.41. The van der Waals surface area contributed by atoms with Gasteiger partial charge in [0.05, 0.1) is 0 Å². The molecule has 2 aromatic heterocycles. The summed E-state index contributed by atoms with van der Waals surface area (Å²) in [5.74, 6) is 0.817. The van der Waals surface area contributed by atoms with Crippen LogP contribution in [0.3, 0.4) is 0 Å². The van der Waals surface area contributed by atoms with Crippen LogP contribution in [0.4, 0.5) is 5.69 Å². The Bertz CT molecular complexity index is 662. The molecule has 0 aromatic carbocycles. The molecular weight excluding hydrogens is 280 g/mol. The van der Waals surface area contributed by atoms with E-state index < -0.39 is 0 Å². The molecule has 1 amide bonds. The van der Waals surface area contributed by atoms with Crippen molar-refractivity contribution in [1.82, 2.24) is 4.98 Å². The van der Waals surface area contributed by atoms with Gasteiger partial charge >= 0.3 is 0 Å². The maximum atomic E-state index is 12.3. The predicted molar refractivity (Wildman–Crippen MR) is 78.9 cm³/mol. The number of hydrogen-bond donors (Lipinski definition) is 2. The summed E-state index contributed by atoms with van der Waals surface area (Å²) in [5.41, 5.74) is 1.21. The molecule has 19 heavy (non-hydrogen) atoms. The third kappa shape index (κ3) is 2.46. The predicted octanol–water partition coefficient (Wildman–Crippen LogP) is 2.41. The van der Waals surface area contributed by atoms with Gasteiger partial charge in [-0.25, -0.2) is 0 Å². The average Bonchev–Trinajstić information content (AvgIpc) is 2.89. The van der Waals surface area contributed by atoms with E-state index in [9.17, 15) is 9.59 Å². The first kappa shape index (κ1) is 12.5. The number of carbonyl (C=O) groups excluding carboxylic acids is 1. The highest BCUT2D eigenvalue weighted by molar-refractivity contribution is 8.00. The Morgan fingerprint density at radius 1 is 1.42 bits per heavy atom. The van der Waals surface area contributed by atoms with E-state index >= 15 is 0 Å². The summed E-state index contributed by atoms with van der Waals surface area (Å²) in [6.45, 7) is 0. The Balaban J connectivity index is 1.83. The van der Waals surface area contributed by atoms with Gasteiger partial charge in [-0.1, -0.05) is 0 Å². The lowest BCUT2D eigenvalue weighted by Crippen LogP contribution is -2.24. The standard InChI is InChI=1S/C13H12N2O2S2/c16-10-1-4-14-7-9(10)15-13(17)12-8-2-5-18-11(8)3-6-19-12/h1-2,4-5,7,12H,3,6H2,(H,14,16)(H,15,17)/t12-/m0/s1. The molecule has 2 aromatic rings. The SMILES string of the molecule is O=C(Nc1c[nH]ccc1=O)[C@H]1SCCc2sccc21. The van der Waals surface area contributed by atoms with Crippen LogP contribution in [0.2, 0.25) is 0 Å². The van der Waals surface area contributed by atoms with Crippen LogP contribution in [-0.2, 0) is 11.2 Å². The zero-order chi connectivity index (χ0) is 13.2. The smallest absolute Gasteiger partial charge is 0.242 e. The van der Waals surface area contributed by atoms with E-state index in [2.05, 4.69) is 10.3 Å². The van der Waals surface area contributed by atoms with E-state index in [0.29, 0.717) is 5.69 Å². The molecule has 0 aliphatic carbocycles. The number of aromatic nitrogens is 1. The highest BCUT2D eigenvalue weighted by Crippen LogP contribution is 2.39. The number of aromatic amines is 1. The minimum absolute atomic E-state index is 0.124. The van der Waals surface area contributed by atoms with Crippen molar-refractivity contribution in [3.8, 4) is 0 Å². The van der Waals surface area contributed by atoms with Crippen molar-refractivity contribution in [2.75, 3.05) is 11.1 Å². The lowest BCUT2D eigenvalue weighted by atomic mass is 10.1. The third-order valence-electron chi connectivity index (χ3n) is 3.00. The number of thioether (sulfide) groups is 1. The van der Waals surface area contributed by atoms with Crippen LogP contribution in [0.5, 0.6) is 0 Å². The first-order valence-corrected chi connectivity index (χ1v) is 7.84. The van der Waals surface area contributed by atoms with Crippen molar-refractivity contribution in [2.24, 2.45) is 0 Å². The number of aryl methyl sites for hydroxylation is 1. The maximum Gasteiger partial charge on any atom is 0.242 e. The number of pyridine rings is 1. The van der Waals surface area contributed by atoms with Gasteiger partial charge < -0.3 is 10.3 Å². The molecule has 0 fully saturated rings. The van der Waals surface area contributed by atoms with E-state index in [-0.39, 0.29) is 16.6 Å². The minimum atomic E-state index is -0.213. The molecule has 0 bridgehead atoms. The highest BCUT2D eigenvalue weighted by Gasteiger charge is 2.28. The normalized spacial score (nSPS) is 17.8. The van der Waals surface area contributed by atoms with Crippen LogP contribution < -0.4 is 10.7 Å². The molecule has 2 N–H and O–H groups in total. The Morgan fingerprint density at radius 2 is 2.32 bits per heavy atom. The molecule has 0 spiro atoms. The van der Waals surface area contributed by atoms with Crippen molar-refractivity contribution in [3.05, 3.63) is 50.6 Å². The number of thiophene rings is 1. The van der Waals surface area contributed by atoms with Gasteiger partial charge in [0.1, 0.15) is 10.9 Å². The van der Waals surface area contributed by atoms with Crippen molar-refractivity contribution in [2.45, 2.75) is 11.7 Å². The quantitative estimate of drug-likeness (QED) is 0.893. The van der Waals surface area contributed by atoms with E-state index in [0.717, 1.165) is 17.7 Å². The number of H-pyrrole nitrogens is 1. The van der Waals surface area contributed by atoms with Crippen molar-refractivity contribution in [1.29, 1.82) is 0 Å². The van der Waals surface area contributed by atoms with Gasteiger partial charge in [-0.05, 0) is 29.2 Å². The number of fused-ring (bicyclic) bond motifs is 1. The molecule has 3 heterocycles. The first-order chi connectivity index (χ1) is 9.25. The van der Waals surface area contributed by atoms with Crippen LogP contribution >= 0.6 is 23.1 Å². The number of rotatable bonds is 2. The molecule has 1 aliphatic rings. The topological polar surface area (TPSA) is 62.0 Å². The molecule has 98 valence electrons. The number of carbonyl (C=O) groups is 1. The molecule has 0 radical (unpaired) electrons. The van der Waals surface area contributed by atoms with Crippen LogP contribution in [0.1, 0.15) is 15.7 Å². The van der Waals surface area contributed by atoms with Gasteiger partial charge in [0.2, 0.25) is 11.3 Å². The number of hydrogen-bond acceptors (Lipinski definition) is 4. The van der Waals surface area contributed by atoms with E-state index in [1.54, 1.807) is 29.3 Å². The Hall–Kier alpha value is -1.53. The third-order valence-corrected chi connectivity index (χ3v) is 5.23. The molecule has 6 heteroatoms. The van der Waals surface area contributed by atoms with E-state index in [1.807, 2.05) is 11.4 Å². The molecular formula is C13H12N2O2S2. The molecule has 1 aliphatic heterocycles. The first-order valence-electron chi connectivity index (χ1n) is 5.91. The maximum absolute atomic E-state index is 12.3. The monoisotopic (exact) mass is 292 g/mol. The Kier molecular flexibility index (Phi) is 3.44. The lowest BCUT2D eigenvalue weighted by molar-refractivity contribution is -0.115. The average molecular weight is 292 g/mol. The summed E-state index contributed by atoms with van der Waals surface area (Å²) in [5, 5.41) is 4.52. The zero-order valence-corrected chi connectivity index (χ0v) is 11.6. The van der Waals surface area contributed by atoms with Crippen molar-refractivity contribution < 1.29 is 4.79 Å². The molecule has 0 saturated heterocycles. The van der Waals surface area contributed by atoms with Crippen LogP contribution in [0, 0.1) is 0 Å². The van der Waals surface area contributed by atoms with Crippen molar-refractivity contribution >= 4 is 34.7 Å². The van der Waals surface area contributed by atoms with Crippen molar-refractivity contribution in [3.63, 3.8) is 0 Å². The Morgan fingerprint density at radius 3 is 3.16 bits per heavy atom. The molecule has 0 saturated carbocycles. The summed E-state index contributed by atoms with van der Waals surface area (Å²) < 4.78 is 0. The van der Waals surface area contributed by atoms with Gasteiger partial charge in [-0.2, -0.15) is 0 Å². The fourth-order valence-electron chi connectivity index (χ4n) is 2.08. The van der Waals surface area contributed by atoms with Gasteiger partial charge in [-0.3, -0.25) is 9.59 Å².